The number of aromatic nitrogens is 5. The molecule has 3 aromatic rings. The van der Waals surface area contributed by atoms with Gasteiger partial charge in [0.15, 0.2) is 11.5 Å². The Morgan fingerprint density at radius 1 is 1.33 bits per heavy atom. The Morgan fingerprint density at radius 3 is 3.00 bits per heavy atom. The van der Waals surface area contributed by atoms with E-state index in [1.807, 2.05) is 35.8 Å². The summed E-state index contributed by atoms with van der Waals surface area (Å²) in [6.45, 7) is 4.38. The summed E-state index contributed by atoms with van der Waals surface area (Å²) < 4.78 is 1.96. The van der Waals surface area contributed by atoms with Gasteiger partial charge in [-0.3, -0.25) is 9.89 Å². The number of nitrogens with zero attached hydrogens (tertiary/aromatic N) is 4. The lowest BCUT2D eigenvalue weighted by Gasteiger charge is -2.13. The number of anilines is 1. The molecule has 0 fully saturated rings. The average molecular weight is 410 g/mol. The first-order valence-corrected chi connectivity index (χ1v) is 8.32. The highest BCUT2D eigenvalue weighted by molar-refractivity contribution is 6.04. The Kier molecular flexibility index (Phi) is 6.95. The number of carbonyl (C=O) groups excluding carboxylic acids is 1. The molecule has 1 amide bonds. The first kappa shape index (κ1) is 20.9. The number of aryl methyl sites for hydroxylation is 1. The molecule has 0 saturated carbocycles. The largest absolute Gasteiger partial charge is 0.321 e. The zero-order valence-corrected chi connectivity index (χ0v) is 16.4. The van der Waals surface area contributed by atoms with Gasteiger partial charge in [0.25, 0.3) is 5.91 Å². The van der Waals surface area contributed by atoms with Crippen LogP contribution in [-0.2, 0) is 19.5 Å². The topological polar surface area (TPSA) is 101 Å². The third kappa shape index (κ3) is 4.13. The van der Waals surface area contributed by atoms with Gasteiger partial charge in [0.05, 0.1) is 0 Å². The summed E-state index contributed by atoms with van der Waals surface area (Å²) in [6, 6.07) is 7.59. The molecule has 8 nitrogen and oxygen atoms in total. The fraction of sp³-hybridized carbons (Fsp3) is 0.294. The number of fused-ring (bicyclic) bond motifs is 1. The molecule has 1 aromatic carbocycles. The second kappa shape index (κ2) is 8.98. The molecule has 1 aliphatic heterocycles. The van der Waals surface area contributed by atoms with Crippen LogP contribution >= 0.6 is 24.8 Å². The molecule has 0 spiro atoms. The van der Waals surface area contributed by atoms with Crippen LogP contribution in [0.4, 0.5) is 5.69 Å². The number of aromatic amines is 1. The molecule has 0 aliphatic carbocycles. The molecule has 144 valence electrons. The molecule has 1 aliphatic rings. The molecule has 4 rings (SSSR count). The molecule has 0 unspecified atom stereocenters. The number of amides is 1. The maximum atomic E-state index is 12.6. The summed E-state index contributed by atoms with van der Waals surface area (Å²) in [5.74, 6) is 0.565. The zero-order valence-electron chi connectivity index (χ0n) is 14.7. The van der Waals surface area contributed by atoms with E-state index in [2.05, 4.69) is 31.0 Å². The van der Waals surface area contributed by atoms with Gasteiger partial charge in [-0.05, 0) is 19.1 Å². The van der Waals surface area contributed by atoms with E-state index in [0.29, 0.717) is 17.9 Å². The number of carbonyl (C=O) groups is 1. The molecular weight excluding hydrogens is 389 g/mol. The van der Waals surface area contributed by atoms with Crippen LogP contribution in [0, 0.1) is 0 Å². The van der Waals surface area contributed by atoms with Gasteiger partial charge in [-0.2, -0.15) is 5.10 Å². The lowest BCUT2D eigenvalue weighted by atomic mass is 10.1. The molecule has 3 N–H and O–H groups in total. The Morgan fingerprint density at radius 2 is 2.19 bits per heavy atom. The van der Waals surface area contributed by atoms with Gasteiger partial charge in [-0.1, -0.05) is 12.1 Å². The van der Waals surface area contributed by atoms with Crippen LogP contribution < -0.4 is 10.6 Å². The van der Waals surface area contributed by atoms with Crippen molar-refractivity contribution in [3.63, 3.8) is 0 Å². The van der Waals surface area contributed by atoms with Crippen molar-refractivity contribution in [2.24, 2.45) is 0 Å². The highest BCUT2D eigenvalue weighted by Gasteiger charge is 2.21. The number of rotatable bonds is 4. The second-order valence-electron chi connectivity index (χ2n) is 5.93. The minimum absolute atomic E-state index is 0. The molecule has 2 aromatic heterocycles. The molecule has 27 heavy (non-hydrogen) atoms. The summed E-state index contributed by atoms with van der Waals surface area (Å²) in [5, 5.41) is 21.5. The van der Waals surface area contributed by atoms with E-state index in [1.54, 1.807) is 6.33 Å². The van der Waals surface area contributed by atoms with Crippen LogP contribution in [0.2, 0.25) is 0 Å². The minimum atomic E-state index is -0.213. The van der Waals surface area contributed by atoms with Crippen molar-refractivity contribution >= 4 is 36.4 Å². The summed E-state index contributed by atoms with van der Waals surface area (Å²) in [4.78, 5) is 12.6. The number of hydrogen-bond donors (Lipinski definition) is 3. The van der Waals surface area contributed by atoms with E-state index in [0.717, 1.165) is 42.2 Å². The standard InChI is InChI=1S/C17H19N7O.2ClH/c1-2-24-10-19-23-16(24)11-4-3-5-12(8-11)20-17(25)15-13-9-18-7-6-14(13)21-22-15;;/h3-5,8,10,18H,2,6-7,9H2,1H3,(H,20,25)(H,21,22);2*1H. The van der Waals surface area contributed by atoms with E-state index < -0.39 is 0 Å². The third-order valence-corrected chi connectivity index (χ3v) is 4.36. The zero-order chi connectivity index (χ0) is 17.2. The number of nitrogens with one attached hydrogen (secondary N) is 3. The summed E-state index contributed by atoms with van der Waals surface area (Å²) in [5.41, 5.74) is 4.04. The lowest BCUT2D eigenvalue weighted by molar-refractivity contribution is 0.102. The molecule has 0 atom stereocenters. The first-order chi connectivity index (χ1) is 12.3. The maximum absolute atomic E-state index is 12.6. The fourth-order valence-electron chi connectivity index (χ4n) is 3.05. The smallest absolute Gasteiger partial charge is 0.276 e. The van der Waals surface area contributed by atoms with Crippen molar-refractivity contribution in [2.75, 3.05) is 11.9 Å². The van der Waals surface area contributed by atoms with Gasteiger partial charge < -0.3 is 15.2 Å². The quantitative estimate of drug-likeness (QED) is 0.614. The predicted octanol–water partition coefficient (Wildman–Crippen LogP) is 2.43. The van der Waals surface area contributed by atoms with E-state index in [1.165, 1.54) is 0 Å². The van der Waals surface area contributed by atoms with Gasteiger partial charge in [0, 0.05) is 48.6 Å². The van der Waals surface area contributed by atoms with Crippen molar-refractivity contribution < 1.29 is 4.79 Å². The SMILES string of the molecule is CCn1cnnc1-c1cccc(NC(=O)c2n[nH]c3c2CNCC3)c1.Cl.Cl. The van der Waals surface area contributed by atoms with Gasteiger partial charge in [0.1, 0.15) is 6.33 Å². The van der Waals surface area contributed by atoms with Gasteiger partial charge in [-0.15, -0.1) is 35.0 Å². The van der Waals surface area contributed by atoms with Crippen molar-refractivity contribution in [3.05, 3.63) is 47.5 Å². The normalized spacial score (nSPS) is 12.5. The van der Waals surface area contributed by atoms with E-state index in [4.69, 9.17) is 0 Å². The number of halogens is 2. The highest BCUT2D eigenvalue weighted by atomic mass is 35.5. The van der Waals surface area contributed by atoms with Crippen LogP contribution in [-0.4, -0.2) is 37.4 Å². The van der Waals surface area contributed by atoms with Crippen LogP contribution in [0.3, 0.4) is 0 Å². The minimum Gasteiger partial charge on any atom is -0.321 e. The average Bonchev–Trinajstić information content (AvgIpc) is 3.28. The monoisotopic (exact) mass is 409 g/mol. The molecular formula is C17H21Cl2N7O. The van der Waals surface area contributed by atoms with E-state index >= 15 is 0 Å². The van der Waals surface area contributed by atoms with Crippen molar-refractivity contribution in [1.29, 1.82) is 0 Å². The second-order valence-corrected chi connectivity index (χ2v) is 5.93. The van der Waals surface area contributed by atoms with Crippen molar-refractivity contribution in [2.45, 2.75) is 26.4 Å². The maximum Gasteiger partial charge on any atom is 0.276 e. The summed E-state index contributed by atoms with van der Waals surface area (Å²) in [7, 11) is 0. The number of benzene rings is 1. The van der Waals surface area contributed by atoms with Crippen LogP contribution in [0.5, 0.6) is 0 Å². The van der Waals surface area contributed by atoms with Gasteiger partial charge in [0.2, 0.25) is 0 Å². The Labute approximate surface area is 169 Å². The fourth-order valence-corrected chi connectivity index (χ4v) is 3.05. The molecule has 0 radical (unpaired) electrons. The lowest BCUT2D eigenvalue weighted by Crippen LogP contribution is -2.25. The first-order valence-electron chi connectivity index (χ1n) is 8.32. The predicted molar refractivity (Wildman–Crippen MR) is 108 cm³/mol. The van der Waals surface area contributed by atoms with Crippen molar-refractivity contribution in [3.8, 4) is 11.4 Å². The van der Waals surface area contributed by atoms with Crippen molar-refractivity contribution in [1.82, 2.24) is 30.3 Å². The van der Waals surface area contributed by atoms with Gasteiger partial charge >= 0.3 is 0 Å². The Bertz CT molecular complexity index is 922. The van der Waals surface area contributed by atoms with Crippen LogP contribution in [0.15, 0.2) is 30.6 Å². The van der Waals surface area contributed by atoms with Crippen LogP contribution in [0.25, 0.3) is 11.4 Å². The molecule has 10 heteroatoms. The molecule has 0 saturated heterocycles. The third-order valence-electron chi connectivity index (χ3n) is 4.36. The molecule has 0 bridgehead atoms. The van der Waals surface area contributed by atoms with Crippen LogP contribution in [0.1, 0.15) is 28.7 Å². The number of hydrogen-bond acceptors (Lipinski definition) is 5. The summed E-state index contributed by atoms with van der Waals surface area (Å²) >= 11 is 0. The highest BCUT2D eigenvalue weighted by Crippen LogP contribution is 2.22. The van der Waals surface area contributed by atoms with Gasteiger partial charge in [-0.25, -0.2) is 0 Å². The number of H-pyrrole nitrogens is 1. The van der Waals surface area contributed by atoms with E-state index in [-0.39, 0.29) is 30.7 Å². The Balaban J connectivity index is 0.00000131. The molecule has 3 heterocycles. The Hall–Kier alpha value is -2.42. The summed E-state index contributed by atoms with van der Waals surface area (Å²) in [6.07, 6.45) is 2.56. The van der Waals surface area contributed by atoms with E-state index in [9.17, 15) is 4.79 Å².